The van der Waals surface area contributed by atoms with Gasteiger partial charge in [-0.2, -0.15) is 0 Å². The minimum atomic E-state index is -1.33. The van der Waals surface area contributed by atoms with Crippen molar-refractivity contribution in [2.75, 3.05) is 0 Å². The van der Waals surface area contributed by atoms with E-state index in [1.165, 1.54) is 0 Å². The summed E-state index contributed by atoms with van der Waals surface area (Å²) >= 11 is -1.33. The average molecular weight is 473 g/mol. The molecule has 5 heterocycles. The van der Waals surface area contributed by atoms with Gasteiger partial charge in [0.1, 0.15) is 0 Å². The Bertz CT molecular complexity index is 1130. The van der Waals surface area contributed by atoms with E-state index in [0.717, 1.165) is 44.8 Å². The number of aromatic amines is 2. The third-order valence-corrected chi connectivity index (χ3v) is 4.04. The first-order chi connectivity index (χ1) is 13.5. The van der Waals surface area contributed by atoms with E-state index >= 15 is 0 Å². The van der Waals surface area contributed by atoms with Gasteiger partial charge < -0.3 is 9.97 Å². The monoisotopic (exact) mass is 471 g/mol. The Morgan fingerprint density at radius 1 is 0.536 bits per heavy atom. The summed E-state index contributed by atoms with van der Waals surface area (Å²) in [5.41, 5.74) is 7.86. The summed E-state index contributed by atoms with van der Waals surface area (Å²) in [6, 6.07) is 16.4. The Labute approximate surface area is 178 Å². The molecule has 0 saturated carbocycles. The van der Waals surface area contributed by atoms with Crippen LogP contribution < -0.4 is 0 Å². The average Bonchev–Trinajstić information content (AvgIpc) is 3.39. The van der Waals surface area contributed by atoms with E-state index in [9.17, 15) is 0 Å². The van der Waals surface area contributed by atoms with Gasteiger partial charge in [-0.05, 0) is 72.8 Å². The van der Waals surface area contributed by atoms with Crippen molar-refractivity contribution >= 4 is 76.7 Å². The molecule has 2 aliphatic rings. The molecule has 0 aromatic carbocycles. The van der Waals surface area contributed by atoms with Crippen LogP contribution in [0.25, 0.3) is 46.4 Å². The van der Waals surface area contributed by atoms with Gasteiger partial charge in [0.05, 0.1) is 22.8 Å². The van der Waals surface area contributed by atoms with Gasteiger partial charge in [-0.1, -0.05) is 0 Å². The second-order valence-corrected chi connectivity index (χ2v) is 11.5. The van der Waals surface area contributed by atoms with Crippen molar-refractivity contribution in [3.8, 4) is 0 Å². The summed E-state index contributed by atoms with van der Waals surface area (Å²) < 4.78 is 0. The first kappa shape index (κ1) is 19.3. The Kier molecular flexibility index (Phi) is 5.90. The van der Waals surface area contributed by atoms with Crippen LogP contribution in [0.3, 0.4) is 0 Å². The number of nitrogens with zero attached hydrogens (tertiary/aromatic N) is 2. The molecule has 8 heteroatoms. The molecule has 0 aliphatic carbocycles. The quantitative estimate of drug-likeness (QED) is 0.246. The van der Waals surface area contributed by atoms with Gasteiger partial charge in [0.2, 0.25) is 0 Å². The van der Waals surface area contributed by atoms with Crippen LogP contribution in [-0.2, 0) is 11.2 Å². The molecule has 2 N–H and O–H groups in total. The standard InChI is InChI=1S/C20H14N4.3ClH.Fe/c1-2-14-10-16-5-6-18(23-16)12-20-8-7-19(24-20)11-17-4-3-15(22-17)9-13(1)21-14;;;;/h1-12,21-22H;3*1H;/q;;;;+3/p-3. The molecule has 8 bridgehead atoms. The number of H-pyrrole nitrogens is 2. The molecule has 4 nitrogen and oxygen atoms in total. The Hall–Kier alpha value is -2.01. The van der Waals surface area contributed by atoms with Crippen LogP contribution in [0.5, 0.6) is 0 Å². The zero-order valence-electron chi connectivity index (χ0n) is 14.3. The Morgan fingerprint density at radius 2 is 0.857 bits per heavy atom. The van der Waals surface area contributed by atoms with Gasteiger partial charge in [-0.15, -0.1) is 0 Å². The Balaban J connectivity index is 0.000000442. The molecule has 0 atom stereocenters. The second-order valence-electron chi connectivity index (χ2n) is 6.06. The van der Waals surface area contributed by atoms with Crippen molar-refractivity contribution in [1.82, 2.24) is 19.9 Å². The molecular weight excluding hydrogens is 458 g/mol. The molecule has 143 valence electrons. The number of fused-ring (bicyclic) bond motifs is 8. The zero-order valence-corrected chi connectivity index (χ0v) is 17.7. The zero-order chi connectivity index (χ0) is 19.5. The van der Waals surface area contributed by atoms with Crippen LogP contribution in [0, 0.1) is 0 Å². The first-order valence-corrected chi connectivity index (χ1v) is 12.8. The van der Waals surface area contributed by atoms with E-state index in [2.05, 4.69) is 50.3 Å². The van der Waals surface area contributed by atoms with Gasteiger partial charge in [0.15, 0.2) is 0 Å². The molecule has 0 fully saturated rings. The van der Waals surface area contributed by atoms with E-state index in [-0.39, 0.29) is 0 Å². The summed E-state index contributed by atoms with van der Waals surface area (Å²) in [6.07, 6.45) is 8.05. The topological polar surface area (TPSA) is 57.4 Å². The summed E-state index contributed by atoms with van der Waals surface area (Å²) in [5, 5.41) is 0. The molecule has 0 saturated heterocycles. The molecule has 28 heavy (non-hydrogen) atoms. The van der Waals surface area contributed by atoms with Crippen molar-refractivity contribution in [3.63, 3.8) is 0 Å². The van der Waals surface area contributed by atoms with Crippen LogP contribution in [0.4, 0.5) is 0 Å². The maximum absolute atomic E-state index is 4.89. The number of aromatic nitrogens is 4. The molecule has 0 spiro atoms. The molecule has 3 aromatic heterocycles. The fraction of sp³-hybridized carbons (Fsp3) is 0. The third kappa shape index (κ3) is 5.07. The summed E-state index contributed by atoms with van der Waals surface area (Å²) in [4.78, 5) is 16.0. The van der Waals surface area contributed by atoms with Crippen molar-refractivity contribution in [3.05, 3.63) is 71.3 Å². The van der Waals surface area contributed by atoms with Gasteiger partial charge in [0.25, 0.3) is 0 Å². The molecule has 0 radical (unpaired) electrons. The summed E-state index contributed by atoms with van der Waals surface area (Å²) in [6.45, 7) is 0. The molecule has 3 aromatic rings. The fourth-order valence-electron chi connectivity index (χ4n) is 2.94. The predicted molar refractivity (Wildman–Crippen MR) is 116 cm³/mol. The van der Waals surface area contributed by atoms with Gasteiger partial charge in [-0.3, -0.25) is 0 Å². The number of rotatable bonds is 0. The van der Waals surface area contributed by atoms with Crippen molar-refractivity contribution in [1.29, 1.82) is 0 Å². The van der Waals surface area contributed by atoms with E-state index in [1.54, 1.807) is 0 Å². The van der Waals surface area contributed by atoms with Crippen LogP contribution in [-0.4, -0.2) is 19.9 Å². The number of hydrogen-bond donors (Lipinski definition) is 2. The minimum absolute atomic E-state index is 0.915. The molecule has 2 aliphatic heterocycles. The molecule has 0 amide bonds. The van der Waals surface area contributed by atoms with Crippen molar-refractivity contribution in [2.24, 2.45) is 0 Å². The third-order valence-electron chi connectivity index (χ3n) is 4.04. The number of nitrogens with one attached hydrogen (secondary N) is 2. The predicted octanol–water partition coefficient (Wildman–Crippen LogP) is 6.72. The van der Waals surface area contributed by atoms with Gasteiger partial charge >= 0.3 is 41.5 Å². The SMILES string of the molecule is C1=Cc2cc3ccc(cc4ccc(cc5nc(cc1n2)C=C5)[nH]4)[nH]3.[Cl][Fe]([Cl])[Cl]. The second kappa shape index (κ2) is 8.56. The van der Waals surface area contributed by atoms with Crippen LogP contribution in [0.2, 0.25) is 0 Å². The number of halogens is 3. The van der Waals surface area contributed by atoms with Crippen LogP contribution in [0.15, 0.2) is 48.5 Å². The first-order valence-electron chi connectivity index (χ1n) is 8.25. The van der Waals surface area contributed by atoms with Crippen LogP contribution >= 0.6 is 30.3 Å². The maximum atomic E-state index is 4.89. The van der Waals surface area contributed by atoms with E-state index < -0.39 is 11.2 Å². The van der Waals surface area contributed by atoms with Crippen molar-refractivity contribution in [2.45, 2.75) is 0 Å². The number of hydrogen-bond acceptors (Lipinski definition) is 2. The van der Waals surface area contributed by atoms with Crippen molar-refractivity contribution < 1.29 is 11.2 Å². The summed E-state index contributed by atoms with van der Waals surface area (Å²) in [5.74, 6) is 0. The van der Waals surface area contributed by atoms with Gasteiger partial charge in [0, 0.05) is 22.1 Å². The molecule has 5 rings (SSSR count). The summed E-state index contributed by atoms with van der Waals surface area (Å²) in [7, 11) is 14.7. The Morgan fingerprint density at radius 3 is 1.25 bits per heavy atom. The van der Waals surface area contributed by atoms with E-state index in [0.29, 0.717) is 0 Å². The molecule has 0 unspecified atom stereocenters. The van der Waals surface area contributed by atoms with E-state index in [4.69, 9.17) is 30.3 Å². The normalized spacial score (nSPS) is 12.5. The van der Waals surface area contributed by atoms with Gasteiger partial charge in [-0.25, -0.2) is 9.97 Å². The molecular formula is C20H14Cl3FeN4. The fourth-order valence-corrected chi connectivity index (χ4v) is 2.94. The van der Waals surface area contributed by atoms with Crippen LogP contribution in [0.1, 0.15) is 22.8 Å². The van der Waals surface area contributed by atoms with E-state index in [1.807, 2.05) is 42.5 Å².